The second-order valence-electron chi connectivity index (χ2n) is 5.44. The third-order valence-electron chi connectivity index (χ3n) is 3.62. The Morgan fingerprint density at radius 1 is 1.08 bits per heavy atom. The lowest BCUT2D eigenvalue weighted by molar-refractivity contribution is 0.105. The topological polar surface area (TPSA) is 50.2 Å². The van der Waals surface area contributed by atoms with Crippen LogP contribution in [0, 0.1) is 6.92 Å². The van der Waals surface area contributed by atoms with Crippen molar-refractivity contribution in [3.8, 4) is 16.3 Å². The third kappa shape index (κ3) is 3.94. The summed E-state index contributed by atoms with van der Waals surface area (Å²) >= 11 is 19.2. The normalized spacial score (nSPS) is 11.2. The molecule has 0 saturated carbocycles. The molecule has 0 saturated heterocycles. The van der Waals surface area contributed by atoms with Crippen LogP contribution in [0.5, 0.6) is 5.75 Å². The fourth-order valence-corrected chi connectivity index (χ4v) is 3.78. The first-order chi connectivity index (χ1) is 12.4. The van der Waals surface area contributed by atoms with Gasteiger partial charge in [-0.2, -0.15) is 0 Å². The molecule has 132 valence electrons. The molecule has 26 heavy (non-hydrogen) atoms. The summed E-state index contributed by atoms with van der Waals surface area (Å²) < 4.78 is 0. The molecule has 0 spiro atoms. The molecule has 7 heteroatoms. The molecular weight excluding hydrogens is 413 g/mol. The zero-order valence-electron chi connectivity index (χ0n) is 13.5. The second kappa shape index (κ2) is 7.80. The first-order valence-corrected chi connectivity index (χ1v) is 9.44. The van der Waals surface area contributed by atoms with E-state index in [9.17, 15) is 9.90 Å². The average Bonchev–Trinajstić information content (AvgIpc) is 3.01. The summed E-state index contributed by atoms with van der Waals surface area (Å²) in [6, 6.07) is 10.3. The van der Waals surface area contributed by atoms with E-state index in [1.54, 1.807) is 31.2 Å². The first-order valence-electron chi connectivity index (χ1n) is 7.49. The van der Waals surface area contributed by atoms with E-state index < -0.39 is 0 Å². The van der Waals surface area contributed by atoms with E-state index in [0.717, 1.165) is 10.6 Å². The van der Waals surface area contributed by atoms with E-state index in [4.69, 9.17) is 34.8 Å². The number of aromatic nitrogens is 1. The molecule has 2 aromatic carbocycles. The van der Waals surface area contributed by atoms with Crippen LogP contribution in [0.25, 0.3) is 16.6 Å². The fraction of sp³-hybridized carbons (Fsp3) is 0.0526. The number of aromatic hydroxyl groups is 1. The number of aryl methyl sites for hydroxylation is 1. The summed E-state index contributed by atoms with van der Waals surface area (Å²) in [5, 5.41) is 11.2. The van der Waals surface area contributed by atoms with Gasteiger partial charge in [-0.3, -0.25) is 4.79 Å². The van der Waals surface area contributed by atoms with Crippen LogP contribution in [0.4, 0.5) is 0 Å². The molecule has 0 amide bonds. The minimum atomic E-state index is -0.180. The Labute approximate surface area is 169 Å². The summed E-state index contributed by atoms with van der Waals surface area (Å²) in [6.45, 7) is 1.79. The van der Waals surface area contributed by atoms with Gasteiger partial charge in [-0.05, 0) is 48.9 Å². The van der Waals surface area contributed by atoms with E-state index in [1.807, 2.05) is 12.1 Å². The molecule has 1 aromatic heterocycles. The molecule has 1 N–H and O–H groups in total. The van der Waals surface area contributed by atoms with Crippen molar-refractivity contribution in [1.29, 1.82) is 0 Å². The highest BCUT2D eigenvalue weighted by Crippen LogP contribution is 2.34. The van der Waals surface area contributed by atoms with Crippen LogP contribution in [0.2, 0.25) is 15.1 Å². The van der Waals surface area contributed by atoms with Gasteiger partial charge in [0.2, 0.25) is 0 Å². The minimum Gasteiger partial charge on any atom is -0.506 e. The zero-order chi connectivity index (χ0) is 18.8. The van der Waals surface area contributed by atoms with Crippen LogP contribution < -0.4 is 0 Å². The van der Waals surface area contributed by atoms with Gasteiger partial charge in [-0.1, -0.05) is 46.9 Å². The molecule has 0 fully saturated rings. The number of benzene rings is 2. The standard InChI is InChI=1S/C19H12Cl3NO2S/c1-10-18(26-19(23-10)12-2-6-13(20)7-3-12)15(25)9-5-11-4-8-14(24)17(22)16(11)21/h2-9,24H,1H3/b9-5+. The lowest BCUT2D eigenvalue weighted by atomic mass is 10.1. The van der Waals surface area contributed by atoms with Crippen LogP contribution in [-0.2, 0) is 0 Å². The molecule has 0 aliphatic carbocycles. The van der Waals surface area contributed by atoms with E-state index in [2.05, 4.69) is 4.98 Å². The Morgan fingerprint density at radius 2 is 1.77 bits per heavy atom. The number of phenolic OH excluding ortho intramolecular Hbond substituents is 1. The number of nitrogens with zero attached hydrogens (tertiary/aromatic N) is 1. The molecular formula is C19H12Cl3NO2S. The molecule has 0 aliphatic heterocycles. The number of ketones is 1. The maximum absolute atomic E-state index is 12.5. The maximum atomic E-state index is 12.5. The molecule has 0 unspecified atom stereocenters. The number of thiazole rings is 1. The van der Waals surface area contributed by atoms with E-state index >= 15 is 0 Å². The van der Waals surface area contributed by atoms with Gasteiger partial charge in [0.25, 0.3) is 0 Å². The number of halogens is 3. The van der Waals surface area contributed by atoms with E-state index in [0.29, 0.717) is 21.2 Å². The Hall–Kier alpha value is -1.85. The largest absolute Gasteiger partial charge is 0.506 e. The summed E-state index contributed by atoms with van der Waals surface area (Å²) in [7, 11) is 0. The van der Waals surface area contributed by atoms with Gasteiger partial charge in [0.05, 0.1) is 15.6 Å². The maximum Gasteiger partial charge on any atom is 0.197 e. The average molecular weight is 425 g/mol. The van der Waals surface area contributed by atoms with Crippen molar-refractivity contribution < 1.29 is 9.90 Å². The zero-order valence-corrected chi connectivity index (χ0v) is 16.5. The molecule has 0 bridgehead atoms. The Bertz CT molecular complexity index is 1010. The van der Waals surface area contributed by atoms with Crippen molar-refractivity contribution in [3.05, 3.63) is 73.7 Å². The second-order valence-corrected chi connectivity index (χ2v) is 7.63. The van der Waals surface area contributed by atoms with Gasteiger partial charge >= 0.3 is 0 Å². The summed E-state index contributed by atoms with van der Waals surface area (Å²) in [5.41, 5.74) is 2.10. The number of hydrogen-bond donors (Lipinski definition) is 1. The highest BCUT2D eigenvalue weighted by Gasteiger charge is 2.15. The molecule has 3 rings (SSSR count). The number of carbonyl (C=O) groups is 1. The van der Waals surface area contributed by atoms with Crippen LogP contribution in [-0.4, -0.2) is 15.9 Å². The van der Waals surface area contributed by atoms with Crippen LogP contribution in [0.3, 0.4) is 0 Å². The summed E-state index contributed by atoms with van der Waals surface area (Å²) in [4.78, 5) is 17.6. The number of rotatable bonds is 4. The SMILES string of the molecule is Cc1nc(-c2ccc(Cl)cc2)sc1C(=O)/C=C/c1ccc(O)c(Cl)c1Cl. The minimum absolute atomic E-state index is 0.0558. The first kappa shape index (κ1) is 18.9. The molecule has 0 atom stereocenters. The summed E-state index contributed by atoms with van der Waals surface area (Å²) in [6.07, 6.45) is 2.98. The van der Waals surface area contributed by atoms with Gasteiger partial charge in [-0.25, -0.2) is 4.98 Å². The predicted molar refractivity (Wildman–Crippen MR) is 109 cm³/mol. The Kier molecular flexibility index (Phi) is 5.68. The highest BCUT2D eigenvalue weighted by molar-refractivity contribution is 7.17. The molecule has 0 aliphatic rings. The number of hydrogen-bond acceptors (Lipinski definition) is 4. The van der Waals surface area contributed by atoms with Crippen LogP contribution >= 0.6 is 46.1 Å². The smallest absolute Gasteiger partial charge is 0.197 e. The van der Waals surface area contributed by atoms with Crippen molar-refractivity contribution in [2.24, 2.45) is 0 Å². The lowest BCUT2D eigenvalue weighted by Crippen LogP contribution is -1.93. The van der Waals surface area contributed by atoms with Gasteiger partial charge in [0, 0.05) is 10.6 Å². The number of phenols is 1. The monoisotopic (exact) mass is 423 g/mol. The molecule has 3 aromatic rings. The van der Waals surface area contributed by atoms with Crippen molar-refractivity contribution >= 4 is 58.0 Å². The molecule has 3 nitrogen and oxygen atoms in total. The van der Waals surface area contributed by atoms with Crippen molar-refractivity contribution in [2.75, 3.05) is 0 Å². The van der Waals surface area contributed by atoms with Crippen molar-refractivity contribution in [2.45, 2.75) is 6.92 Å². The Balaban J connectivity index is 1.87. The third-order valence-corrected chi connectivity index (χ3v) is 5.98. The van der Waals surface area contributed by atoms with E-state index in [-0.39, 0.29) is 21.6 Å². The quantitative estimate of drug-likeness (QED) is 0.375. The highest BCUT2D eigenvalue weighted by atomic mass is 35.5. The van der Waals surface area contributed by atoms with Crippen LogP contribution in [0.15, 0.2) is 42.5 Å². The summed E-state index contributed by atoms with van der Waals surface area (Å²) in [5.74, 6) is -0.286. The van der Waals surface area contributed by atoms with Gasteiger partial charge < -0.3 is 5.11 Å². The Morgan fingerprint density at radius 3 is 2.46 bits per heavy atom. The van der Waals surface area contributed by atoms with E-state index in [1.165, 1.54) is 23.5 Å². The van der Waals surface area contributed by atoms with Crippen molar-refractivity contribution in [3.63, 3.8) is 0 Å². The van der Waals surface area contributed by atoms with Crippen LogP contribution in [0.1, 0.15) is 20.9 Å². The fourth-order valence-electron chi connectivity index (χ4n) is 2.27. The van der Waals surface area contributed by atoms with Crippen molar-refractivity contribution in [1.82, 2.24) is 4.98 Å². The lowest BCUT2D eigenvalue weighted by Gasteiger charge is -2.02. The molecule has 1 heterocycles. The predicted octanol–water partition coefficient (Wildman–Crippen LogP) is 6.68. The molecule has 0 radical (unpaired) electrons. The van der Waals surface area contributed by atoms with Gasteiger partial charge in [0.15, 0.2) is 5.78 Å². The van der Waals surface area contributed by atoms with Gasteiger partial charge in [-0.15, -0.1) is 11.3 Å². The van der Waals surface area contributed by atoms with Gasteiger partial charge in [0.1, 0.15) is 15.8 Å². The number of carbonyl (C=O) groups excluding carboxylic acids is 1. The number of allylic oxidation sites excluding steroid dienone is 1.